The van der Waals surface area contributed by atoms with Crippen LogP contribution in [0.2, 0.25) is 0 Å². The molecule has 3 aromatic rings. The van der Waals surface area contributed by atoms with Crippen LogP contribution in [0, 0.1) is 6.92 Å². The Hall–Kier alpha value is -2.95. The minimum atomic E-state index is -0.325. The van der Waals surface area contributed by atoms with E-state index in [9.17, 15) is 15.0 Å². The van der Waals surface area contributed by atoms with Gasteiger partial charge in [-0.05, 0) is 80.8 Å². The summed E-state index contributed by atoms with van der Waals surface area (Å²) in [6, 6.07) is 12.1. The molecule has 0 radical (unpaired) electrons. The number of aromatic hydroxyl groups is 2. The lowest BCUT2D eigenvalue weighted by molar-refractivity contribution is -0.134. The van der Waals surface area contributed by atoms with Crippen molar-refractivity contribution >= 4 is 16.8 Å². The predicted octanol–water partition coefficient (Wildman–Crippen LogP) is 5.63. The highest BCUT2D eigenvalue weighted by atomic mass is 16.3. The first-order valence-corrected chi connectivity index (χ1v) is 10.8. The molecule has 0 saturated carbocycles. The molecule has 5 nitrogen and oxygen atoms in total. The van der Waals surface area contributed by atoms with Gasteiger partial charge in [0.15, 0.2) is 0 Å². The lowest BCUT2D eigenvalue weighted by Gasteiger charge is -2.28. The standard InChI is InChI=1S/C25H32N2O3/c1-5-8-9-23(25(30)26(6-2)7-3)27-22-15-14-20(29)16-21(22)17(4)24(27)18-10-12-19(28)13-11-18/h10-16,23,28-29H,5-9H2,1-4H3. The second kappa shape index (κ2) is 9.24. The van der Waals surface area contributed by atoms with Gasteiger partial charge in [-0.25, -0.2) is 0 Å². The molecule has 0 saturated heterocycles. The number of aryl methyl sites for hydroxylation is 1. The van der Waals surface area contributed by atoms with Gasteiger partial charge in [0.05, 0.1) is 5.69 Å². The number of carbonyl (C=O) groups excluding carboxylic acids is 1. The van der Waals surface area contributed by atoms with Crippen molar-refractivity contribution in [2.75, 3.05) is 13.1 Å². The van der Waals surface area contributed by atoms with Crippen LogP contribution >= 0.6 is 0 Å². The first-order valence-electron chi connectivity index (χ1n) is 10.8. The summed E-state index contributed by atoms with van der Waals surface area (Å²) in [6.45, 7) is 9.53. The number of unbranched alkanes of at least 4 members (excludes halogenated alkanes) is 1. The molecule has 30 heavy (non-hydrogen) atoms. The highest BCUT2D eigenvalue weighted by molar-refractivity contribution is 5.95. The van der Waals surface area contributed by atoms with Crippen molar-refractivity contribution in [3.05, 3.63) is 48.0 Å². The predicted molar refractivity (Wildman–Crippen MR) is 122 cm³/mol. The molecule has 160 valence electrons. The minimum Gasteiger partial charge on any atom is -0.508 e. The molecule has 0 aliphatic heterocycles. The fourth-order valence-corrected chi connectivity index (χ4v) is 4.27. The zero-order valence-corrected chi connectivity index (χ0v) is 18.4. The molecule has 3 rings (SSSR count). The van der Waals surface area contributed by atoms with Gasteiger partial charge in [-0.15, -0.1) is 0 Å². The van der Waals surface area contributed by atoms with Crippen LogP contribution in [0.4, 0.5) is 0 Å². The van der Waals surface area contributed by atoms with Crippen LogP contribution < -0.4 is 0 Å². The zero-order valence-electron chi connectivity index (χ0n) is 18.4. The van der Waals surface area contributed by atoms with Gasteiger partial charge in [0.1, 0.15) is 17.5 Å². The summed E-state index contributed by atoms with van der Waals surface area (Å²) < 4.78 is 2.15. The third-order valence-electron chi connectivity index (χ3n) is 5.88. The Kier molecular flexibility index (Phi) is 6.70. The van der Waals surface area contributed by atoms with Gasteiger partial charge < -0.3 is 19.7 Å². The Bertz CT molecular complexity index is 1020. The van der Waals surface area contributed by atoms with Crippen molar-refractivity contribution in [3.63, 3.8) is 0 Å². The lowest BCUT2D eigenvalue weighted by atomic mass is 10.0. The van der Waals surface area contributed by atoms with Crippen LogP contribution in [-0.2, 0) is 4.79 Å². The largest absolute Gasteiger partial charge is 0.508 e. The SMILES string of the molecule is CCCCC(C(=O)N(CC)CC)n1c(-c2ccc(O)cc2)c(C)c2cc(O)ccc21. The third-order valence-corrected chi connectivity index (χ3v) is 5.88. The van der Waals surface area contributed by atoms with Crippen LogP contribution in [0.15, 0.2) is 42.5 Å². The number of benzene rings is 2. The number of nitrogens with zero attached hydrogens (tertiary/aromatic N) is 2. The summed E-state index contributed by atoms with van der Waals surface area (Å²) in [6.07, 6.45) is 2.71. The maximum Gasteiger partial charge on any atom is 0.245 e. The Morgan fingerprint density at radius 2 is 1.63 bits per heavy atom. The van der Waals surface area contributed by atoms with Crippen molar-refractivity contribution in [1.29, 1.82) is 0 Å². The number of phenols is 2. The molecule has 5 heteroatoms. The summed E-state index contributed by atoms with van der Waals surface area (Å²) in [5, 5.41) is 20.8. The highest BCUT2D eigenvalue weighted by Gasteiger charge is 2.29. The van der Waals surface area contributed by atoms with Gasteiger partial charge in [-0.3, -0.25) is 4.79 Å². The molecule has 0 bridgehead atoms. The van der Waals surface area contributed by atoms with Gasteiger partial charge in [0, 0.05) is 24.0 Å². The number of fused-ring (bicyclic) bond motifs is 1. The Labute approximate surface area is 178 Å². The van der Waals surface area contributed by atoms with Crippen molar-refractivity contribution < 1.29 is 15.0 Å². The van der Waals surface area contributed by atoms with E-state index in [0.29, 0.717) is 13.1 Å². The van der Waals surface area contributed by atoms with E-state index < -0.39 is 0 Å². The monoisotopic (exact) mass is 408 g/mol. The average Bonchev–Trinajstić information content (AvgIpc) is 3.02. The fourth-order valence-electron chi connectivity index (χ4n) is 4.27. The van der Waals surface area contributed by atoms with Gasteiger partial charge in [-0.1, -0.05) is 19.8 Å². The molecule has 1 unspecified atom stereocenters. The number of hydrogen-bond acceptors (Lipinski definition) is 3. The summed E-state index contributed by atoms with van der Waals surface area (Å²) in [5.74, 6) is 0.539. The Balaban J connectivity index is 2.30. The van der Waals surface area contributed by atoms with Crippen molar-refractivity contribution in [2.45, 2.75) is 53.0 Å². The van der Waals surface area contributed by atoms with Crippen LogP contribution in [0.25, 0.3) is 22.2 Å². The quantitative estimate of drug-likeness (QED) is 0.508. The van der Waals surface area contributed by atoms with Crippen LogP contribution in [0.5, 0.6) is 11.5 Å². The van der Waals surface area contributed by atoms with E-state index in [-0.39, 0.29) is 23.4 Å². The molecule has 0 aliphatic carbocycles. The highest BCUT2D eigenvalue weighted by Crippen LogP contribution is 2.39. The smallest absolute Gasteiger partial charge is 0.245 e. The third kappa shape index (κ3) is 4.02. The topological polar surface area (TPSA) is 65.7 Å². The fraction of sp³-hybridized carbons (Fsp3) is 0.400. The first kappa shape index (κ1) is 21.8. The molecular weight excluding hydrogens is 376 g/mol. The number of carbonyl (C=O) groups is 1. The molecule has 1 atom stereocenters. The summed E-state index contributed by atoms with van der Waals surface area (Å²) >= 11 is 0. The molecule has 0 aliphatic rings. The van der Waals surface area contributed by atoms with E-state index >= 15 is 0 Å². The summed E-state index contributed by atoms with van der Waals surface area (Å²) in [7, 11) is 0. The molecule has 1 heterocycles. The molecule has 0 spiro atoms. The number of amides is 1. The van der Waals surface area contributed by atoms with Gasteiger partial charge >= 0.3 is 0 Å². The maximum atomic E-state index is 13.6. The van der Waals surface area contributed by atoms with Crippen molar-refractivity contribution in [1.82, 2.24) is 9.47 Å². The number of hydrogen-bond donors (Lipinski definition) is 2. The Morgan fingerprint density at radius 3 is 2.23 bits per heavy atom. The van der Waals surface area contributed by atoms with E-state index in [1.165, 1.54) is 0 Å². The van der Waals surface area contributed by atoms with Gasteiger partial charge in [0.25, 0.3) is 0 Å². The molecule has 1 amide bonds. The number of rotatable bonds is 8. The van der Waals surface area contributed by atoms with Crippen molar-refractivity contribution in [2.24, 2.45) is 0 Å². The van der Waals surface area contributed by atoms with Crippen LogP contribution in [-0.4, -0.2) is 38.7 Å². The Morgan fingerprint density at radius 1 is 1.00 bits per heavy atom. The van der Waals surface area contributed by atoms with Gasteiger partial charge in [0.2, 0.25) is 5.91 Å². The second-order valence-electron chi connectivity index (χ2n) is 7.76. The lowest BCUT2D eigenvalue weighted by Crippen LogP contribution is -2.37. The molecule has 0 fully saturated rings. The van der Waals surface area contributed by atoms with E-state index in [1.807, 2.05) is 43.9 Å². The van der Waals surface area contributed by atoms with E-state index in [2.05, 4.69) is 11.5 Å². The summed E-state index contributed by atoms with van der Waals surface area (Å²) in [5.41, 5.74) is 3.85. The molecular formula is C25H32N2O3. The average molecular weight is 409 g/mol. The maximum absolute atomic E-state index is 13.6. The number of phenolic OH excluding ortho intramolecular Hbond substituents is 2. The van der Waals surface area contributed by atoms with Crippen LogP contribution in [0.1, 0.15) is 51.6 Å². The van der Waals surface area contributed by atoms with Gasteiger partial charge in [-0.2, -0.15) is 0 Å². The van der Waals surface area contributed by atoms with E-state index in [4.69, 9.17) is 0 Å². The van der Waals surface area contributed by atoms with Crippen LogP contribution in [0.3, 0.4) is 0 Å². The summed E-state index contributed by atoms with van der Waals surface area (Å²) in [4.78, 5) is 15.5. The number of likely N-dealkylation sites (N-methyl/N-ethyl adjacent to an activating group) is 1. The second-order valence-corrected chi connectivity index (χ2v) is 7.76. The molecule has 2 N–H and O–H groups in total. The molecule has 2 aromatic carbocycles. The van der Waals surface area contributed by atoms with E-state index in [0.717, 1.165) is 47.0 Å². The van der Waals surface area contributed by atoms with E-state index in [1.54, 1.807) is 24.3 Å². The normalized spacial score (nSPS) is 12.3. The minimum absolute atomic E-state index is 0.124. The zero-order chi connectivity index (χ0) is 21.8. The van der Waals surface area contributed by atoms with Crippen molar-refractivity contribution in [3.8, 4) is 22.8 Å². The molecule has 1 aromatic heterocycles. The number of aromatic nitrogens is 1. The first-order chi connectivity index (χ1) is 14.4.